The zero-order chi connectivity index (χ0) is 16.4. The highest BCUT2D eigenvalue weighted by atomic mass is 16.7. The molecule has 4 N–H and O–H groups in total. The second kappa shape index (κ2) is 6.69. The normalized spacial score (nSPS) is 31.0. The van der Waals surface area contributed by atoms with Crippen LogP contribution in [0.15, 0.2) is 47.1 Å². The molecule has 124 valence electrons. The molecule has 5 unspecified atom stereocenters. The highest BCUT2D eigenvalue weighted by Gasteiger charge is 2.44. The van der Waals surface area contributed by atoms with Crippen molar-refractivity contribution in [2.24, 2.45) is 0 Å². The molecule has 3 rings (SSSR count). The van der Waals surface area contributed by atoms with E-state index in [0.717, 1.165) is 5.56 Å². The van der Waals surface area contributed by atoms with Crippen molar-refractivity contribution in [3.8, 4) is 17.1 Å². The molecule has 1 saturated heterocycles. The minimum atomic E-state index is -1.46. The smallest absolute Gasteiger partial charge is 0.229 e. The van der Waals surface area contributed by atoms with Gasteiger partial charge in [0.2, 0.25) is 6.29 Å². The van der Waals surface area contributed by atoms with Gasteiger partial charge in [0.05, 0.1) is 12.9 Å². The second-order valence-electron chi connectivity index (χ2n) is 5.32. The third kappa shape index (κ3) is 3.24. The molecule has 0 saturated carbocycles. The summed E-state index contributed by atoms with van der Waals surface area (Å²) in [5.41, 5.74) is 0.858. The Labute approximate surface area is 132 Å². The molecule has 2 heterocycles. The highest BCUT2D eigenvalue weighted by molar-refractivity contribution is 5.58. The SMILES string of the molecule is OCC1OC(Oc2ccc(-c3ccco3)cc2)C(O)C(O)C1O. The largest absolute Gasteiger partial charge is 0.464 e. The molecule has 23 heavy (non-hydrogen) atoms. The van der Waals surface area contributed by atoms with E-state index in [1.807, 2.05) is 6.07 Å². The lowest BCUT2D eigenvalue weighted by molar-refractivity contribution is -0.277. The van der Waals surface area contributed by atoms with E-state index in [9.17, 15) is 15.3 Å². The third-order valence-corrected chi connectivity index (χ3v) is 3.76. The summed E-state index contributed by atoms with van der Waals surface area (Å²) in [7, 11) is 0. The van der Waals surface area contributed by atoms with Crippen LogP contribution in [0.2, 0.25) is 0 Å². The number of hydrogen-bond acceptors (Lipinski definition) is 7. The van der Waals surface area contributed by atoms with Gasteiger partial charge in [0.25, 0.3) is 0 Å². The predicted molar refractivity (Wildman–Crippen MR) is 78.5 cm³/mol. The molecular weight excluding hydrogens is 304 g/mol. The van der Waals surface area contributed by atoms with Crippen LogP contribution in [0.5, 0.6) is 5.75 Å². The molecule has 0 radical (unpaired) electrons. The van der Waals surface area contributed by atoms with Crippen molar-refractivity contribution in [2.45, 2.75) is 30.7 Å². The van der Waals surface area contributed by atoms with Crippen LogP contribution in [-0.4, -0.2) is 57.7 Å². The van der Waals surface area contributed by atoms with E-state index < -0.39 is 37.3 Å². The van der Waals surface area contributed by atoms with Gasteiger partial charge >= 0.3 is 0 Å². The molecule has 0 amide bonds. The van der Waals surface area contributed by atoms with E-state index >= 15 is 0 Å². The number of aliphatic hydroxyl groups excluding tert-OH is 4. The van der Waals surface area contributed by atoms with E-state index in [1.165, 1.54) is 0 Å². The summed E-state index contributed by atoms with van der Waals surface area (Å²) in [4.78, 5) is 0. The molecular formula is C16H18O7. The van der Waals surface area contributed by atoms with Gasteiger partial charge in [-0.1, -0.05) is 0 Å². The fourth-order valence-corrected chi connectivity index (χ4v) is 2.44. The van der Waals surface area contributed by atoms with Crippen LogP contribution in [0.1, 0.15) is 0 Å². The monoisotopic (exact) mass is 322 g/mol. The van der Waals surface area contributed by atoms with Crippen LogP contribution in [-0.2, 0) is 4.74 Å². The lowest BCUT2D eigenvalue weighted by Crippen LogP contribution is -2.60. The summed E-state index contributed by atoms with van der Waals surface area (Å²) < 4.78 is 16.1. The molecule has 0 spiro atoms. The van der Waals surface area contributed by atoms with Crippen LogP contribution in [0.3, 0.4) is 0 Å². The number of aliphatic hydroxyl groups is 4. The van der Waals surface area contributed by atoms with E-state index in [4.69, 9.17) is 19.0 Å². The lowest BCUT2D eigenvalue weighted by atomic mass is 9.99. The number of benzene rings is 1. The van der Waals surface area contributed by atoms with Gasteiger partial charge < -0.3 is 34.3 Å². The molecule has 0 bridgehead atoms. The van der Waals surface area contributed by atoms with Crippen molar-refractivity contribution in [1.29, 1.82) is 0 Å². The average molecular weight is 322 g/mol. The Morgan fingerprint density at radius 3 is 2.30 bits per heavy atom. The number of ether oxygens (including phenoxy) is 2. The fraction of sp³-hybridized carbons (Fsp3) is 0.375. The van der Waals surface area contributed by atoms with Crippen LogP contribution in [0.4, 0.5) is 0 Å². The molecule has 5 atom stereocenters. The first-order chi connectivity index (χ1) is 11.1. The summed E-state index contributed by atoms with van der Waals surface area (Å²) >= 11 is 0. The Bertz CT molecular complexity index is 608. The van der Waals surface area contributed by atoms with Crippen molar-refractivity contribution in [1.82, 2.24) is 0 Å². The number of rotatable bonds is 4. The second-order valence-corrected chi connectivity index (χ2v) is 5.32. The predicted octanol–water partition coefficient (Wildman–Crippen LogP) is 0.125. The summed E-state index contributed by atoms with van der Waals surface area (Å²) in [5, 5.41) is 38.5. The Balaban J connectivity index is 1.71. The van der Waals surface area contributed by atoms with Crippen LogP contribution < -0.4 is 4.74 Å². The maximum atomic E-state index is 9.93. The van der Waals surface area contributed by atoms with Crippen molar-refractivity contribution in [2.75, 3.05) is 6.61 Å². The van der Waals surface area contributed by atoms with Crippen molar-refractivity contribution >= 4 is 0 Å². The van der Waals surface area contributed by atoms with Crippen molar-refractivity contribution < 1.29 is 34.3 Å². The molecule has 7 nitrogen and oxygen atoms in total. The summed E-state index contributed by atoms with van der Waals surface area (Å²) in [6.45, 7) is -0.498. The number of furan rings is 1. The molecule has 0 aliphatic carbocycles. The van der Waals surface area contributed by atoms with E-state index in [-0.39, 0.29) is 0 Å². The molecule has 1 aliphatic heterocycles. The third-order valence-electron chi connectivity index (χ3n) is 3.76. The molecule has 1 aliphatic rings. The zero-order valence-corrected chi connectivity index (χ0v) is 12.1. The molecule has 1 aromatic heterocycles. The van der Waals surface area contributed by atoms with Gasteiger partial charge in [-0.25, -0.2) is 0 Å². The summed E-state index contributed by atoms with van der Waals surface area (Å²) in [6, 6.07) is 10.5. The first-order valence-corrected chi connectivity index (χ1v) is 7.21. The summed E-state index contributed by atoms with van der Waals surface area (Å²) in [5.74, 6) is 1.12. The minimum absolute atomic E-state index is 0.407. The maximum Gasteiger partial charge on any atom is 0.229 e. The lowest BCUT2D eigenvalue weighted by Gasteiger charge is -2.39. The van der Waals surface area contributed by atoms with E-state index in [1.54, 1.807) is 36.6 Å². The average Bonchev–Trinajstić information content (AvgIpc) is 3.10. The van der Waals surface area contributed by atoms with Gasteiger partial charge in [0, 0.05) is 5.56 Å². The molecule has 2 aromatic rings. The number of hydrogen-bond donors (Lipinski definition) is 4. The summed E-state index contributed by atoms with van der Waals surface area (Å²) in [6.07, 6.45) is -4.92. The fourth-order valence-electron chi connectivity index (χ4n) is 2.44. The Morgan fingerprint density at radius 2 is 1.70 bits per heavy atom. The van der Waals surface area contributed by atoms with Gasteiger partial charge in [0.1, 0.15) is 35.9 Å². The van der Waals surface area contributed by atoms with Crippen LogP contribution in [0, 0.1) is 0 Å². The molecule has 7 heteroatoms. The Hall–Kier alpha value is -1.90. The van der Waals surface area contributed by atoms with Gasteiger partial charge in [-0.15, -0.1) is 0 Å². The zero-order valence-electron chi connectivity index (χ0n) is 12.1. The Kier molecular flexibility index (Phi) is 4.65. The molecule has 1 aromatic carbocycles. The quantitative estimate of drug-likeness (QED) is 0.632. The maximum absolute atomic E-state index is 9.93. The highest BCUT2D eigenvalue weighted by Crippen LogP contribution is 2.26. The van der Waals surface area contributed by atoms with Crippen molar-refractivity contribution in [3.05, 3.63) is 42.7 Å². The first-order valence-electron chi connectivity index (χ1n) is 7.21. The Morgan fingerprint density at radius 1 is 0.957 bits per heavy atom. The van der Waals surface area contributed by atoms with Gasteiger partial charge in [-0.05, 0) is 36.4 Å². The molecule has 1 fully saturated rings. The standard InChI is InChI=1S/C16H18O7/c17-8-12-13(18)14(19)15(20)16(23-12)22-10-5-3-9(4-6-10)11-2-1-7-21-11/h1-7,12-20H,8H2. The van der Waals surface area contributed by atoms with Crippen LogP contribution in [0.25, 0.3) is 11.3 Å². The first kappa shape index (κ1) is 16.0. The van der Waals surface area contributed by atoms with E-state index in [0.29, 0.717) is 11.5 Å². The van der Waals surface area contributed by atoms with Gasteiger partial charge in [0.15, 0.2) is 0 Å². The van der Waals surface area contributed by atoms with Gasteiger partial charge in [-0.3, -0.25) is 0 Å². The minimum Gasteiger partial charge on any atom is -0.464 e. The van der Waals surface area contributed by atoms with Crippen molar-refractivity contribution in [3.63, 3.8) is 0 Å². The van der Waals surface area contributed by atoms with Gasteiger partial charge in [-0.2, -0.15) is 0 Å². The van der Waals surface area contributed by atoms with E-state index in [2.05, 4.69) is 0 Å². The van der Waals surface area contributed by atoms with Crippen LogP contribution >= 0.6 is 0 Å². The topological polar surface area (TPSA) is 113 Å².